The summed E-state index contributed by atoms with van der Waals surface area (Å²) in [7, 11) is -0.726. The van der Waals surface area contributed by atoms with E-state index in [-0.39, 0.29) is 4.90 Å². The van der Waals surface area contributed by atoms with Gasteiger partial charge < -0.3 is 48.9 Å². The lowest BCUT2D eigenvalue weighted by molar-refractivity contribution is -0.00800. The zero-order valence-electron chi connectivity index (χ0n) is 32.2. The van der Waals surface area contributed by atoms with Gasteiger partial charge in [0.1, 0.15) is 17.7 Å². The zero-order valence-corrected chi connectivity index (χ0v) is 33.1. The van der Waals surface area contributed by atoms with E-state index >= 15 is 0 Å². The molecule has 6 rings (SSSR count). The number of piperidine rings is 1. The number of hydrogen-bond donors (Lipinski definition) is 2. The molecule has 13 nitrogen and oxygen atoms in total. The van der Waals surface area contributed by atoms with Crippen molar-refractivity contribution >= 4 is 21.6 Å². The molecule has 3 aromatic carbocycles. The number of hydrogen-bond acceptors (Lipinski definition) is 11. The van der Waals surface area contributed by atoms with Crippen molar-refractivity contribution in [3.8, 4) is 5.75 Å². The number of morpholine rings is 1. The Kier molecular flexibility index (Phi) is 14.8. The number of amides is 2. The maximum absolute atomic E-state index is 14.7. The Morgan fingerprint density at radius 3 is 2.38 bits per heavy atom. The molecular weight excluding hydrogens is 725 g/mol. The highest BCUT2D eigenvalue weighted by Gasteiger charge is 2.46. The van der Waals surface area contributed by atoms with E-state index in [0.717, 1.165) is 53.2 Å². The minimum Gasteiger partial charge on any atom is -0.490 e. The first-order chi connectivity index (χ1) is 26.8. The minimum absolute atomic E-state index is 0.155. The van der Waals surface area contributed by atoms with Crippen molar-refractivity contribution < 1.29 is 41.6 Å². The lowest BCUT2D eigenvalue weighted by Crippen LogP contribution is -2.59. The van der Waals surface area contributed by atoms with Crippen LogP contribution in [0.1, 0.15) is 34.6 Å². The third-order valence-electron chi connectivity index (χ3n) is 10.5. The van der Waals surface area contributed by atoms with E-state index < -0.39 is 39.2 Å². The summed E-state index contributed by atoms with van der Waals surface area (Å²) in [6.45, 7) is 8.96. The normalized spacial score (nSPS) is 20.7. The third-order valence-corrected chi connectivity index (χ3v) is 12.6. The molecule has 0 aliphatic carbocycles. The van der Waals surface area contributed by atoms with Gasteiger partial charge in [0.05, 0.1) is 62.9 Å². The van der Waals surface area contributed by atoms with Crippen molar-refractivity contribution in [2.75, 3.05) is 98.0 Å². The van der Waals surface area contributed by atoms with Gasteiger partial charge in [-0.15, -0.1) is 0 Å². The summed E-state index contributed by atoms with van der Waals surface area (Å²) < 4.78 is 63.9. The van der Waals surface area contributed by atoms with Gasteiger partial charge in [-0.3, -0.25) is 0 Å². The Labute approximate surface area is 325 Å². The van der Waals surface area contributed by atoms with Crippen LogP contribution in [0.4, 0.5) is 10.5 Å². The molecule has 3 aromatic rings. The topological polar surface area (TPSA) is 137 Å². The molecular formula is C41H56N4O9S. The number of fused-ring (bicyclic) bond motifs is 1. The van der Waals surface area contributed by atoms with Gasteiger partial charge in [0.25, 0.3) is 0 Å². The number of urea groups is 1. The largest absolute Gasteiger partial charge is 0.490 e. The molecule has 14 heteroatoms. The van der Waals surface area contributed by atoms with Crippen LogP contribution in [0.25, 0.3) is 0 Å². The molecule has 2 saturated heterocycles. The first kappa shape index (κ1) is 40.9. The van der Waals surface area contributed by atoms with Gasteiger partial charge >= 0.3 is 6.03 Å². The highest BCUT2D eigenvalue weighted by atomic mass is 32.2. The molecule has 0 bridgehead atoms. The summed E-state index contributed by atoms with van der Waals surface area (Å²) in [5.74, 6) is -0.144. The molecule has 2 N–H and O–H groups in total. The number of benzene rings is 3. The van der Waals surface area contributed by atoms with Crippen molar-refractivity contribution in [3.63, 3.8) is 0 Å². The molecule has 300 valence electrons. The van der Waals surface area contributed by atoms with Gasteiger partial charge in [-0.1, -0.05) is 48.0 Å². The van der Waals surface area contributed by atoms with Crippen LogP contribution in [0.2, 0.25) is 0 Å². The van der Waals surface area contributed by atoms with E-state index in [9.17, 15) is 13.2 Å². The third kappa shape index (κ3) is 10.6. The van der Waals surface area contributed by atoms with Crippen LogP contribution in [-0.2, 0) is 46.7 Å². The molecule has 0 radical (unpaired) electrons. The van der Waals surface area contributed by atoms with Crippen LogP contribution in [0, 0.1) is 12.8 Å². The Hall–Kier alpha value is -3.76. The summed E-state index contributed by atoms with van der Waals surface area (Å²) in [5, 5.41) is 5.22. The second-order valence-corrected chi connectivity index (χ2v) is 16.4. The average Bonchev–Trinajstić information content (AvgIpc) is 3.21. The number of nitrogens with zero attached hydrogens (tertiary/aromatic N) is 2. The molecule has 2 fully saturated rings. The van der Waals surface area contributed by atoms with E-state index in [1.165, 1.54) is 0 Å². The molecule has 3 aliphatic heterocycles. The molecule has 3 heterocycles. The smallest absolute Gasteiger partial charge is 0.318 e. The quantitative estimate of drug-likeness (QED) is 0.192. The summed E-state index contributed by atoms with van der Waals surface area (Å²) in [6.07, 6.45) is 0.476. The van der Waals surface area contributed by atoms with Gasteiger partial charge in [-0.25, -0.2) is 13.2 Å². The number of rotatable bonds is 17. The van der Waals surface area contributed by atoms with Gasteiger partial charge in [0.2, 0.25) is 0 Å². The average molecular weight is 781 g/mol. The van der Waals surface area contributed by atoms with E-state index in [2.05, 4.69) is 21.6 Å². The second-order valence-electron chi connectivity index (χ2n) is 14.3. The Morgan fingerprint density at radius 1 is 0.891 bits per heavy atom. The van der Waals surface area contributed by atoms with Crippen LogP contribution < -0.4 is 20.3 Å². The van der Waals surface area contributed by atoms with Crippen LogP contribution in [0.15, 0.2) is 71.6 Å². The number of ether oxygens (including phenoxy) is 6. The van der Waals surface area contributed by atoms with Gasteiger partial charge in [-0.05, 0) is 54.3 Å². The Balaban J connectivity index is 1.32. The summed E-state index contributed by atoms with van der Waals surface area (Å²) in [6, 6.07) is 20.6. The number of sulfone groups is 1. The minimum atomic E-state index is -4.08. The number of nitrogens with one attached hydrogen (secondary N) is 2. The SMILES string of the molecule is COCCCN1CCOc2ccc(CO[C@H]3CNC[C@H](C(NC(=O)N4CCOCC4)S(=O)(=O)c4ccc(C)cc4)[C@@H]3c3ccc(COCCOC)cc3)cc21. The van der Waals surface area contributed by atoms with Crippen LogP contribution in [0.3, 0.4) is 0 Å². The summed E-state index contributed by atoms with van der Waals surface area (Å²) >= 11 is 0. The summed E-state index contributed by atoms with van der Waals surface area (Å²) in [5.41, 5.74) is 4.85. The zero-order chi connectivity index (χ0) is 38.6. The van der Waals surface area contributed by atoms with Crippen molar-refractivity contribution in [1.82, 2.24) is 15.5 Å². The Bertz CT molecular complexity index is 1770. The van der Waals surface area contributed by atoms with Crippen molar-refractivity contribution in [2.45, 2.75) is 48.8 Å². The van der Waals surface area contributed by atoms with E-state index in [1.54, 1.807) is 43.4 Å². The second kappa shape index (κ2) is 19.9. The van der Waals surface area contributed by atoms with Crippen molar-refractivity contribution in [1.29, 1.82) is 0 Å². The summed E-state index contributed by atoms with van der Waals surface area (Å²) in [4.78, 5) is 17.9. The van der Waals surface area contributed by atoms with Crippen molar-refractivity contribution in [3.05, 3.63) is 89.0 Å². The fraction of sp³-hybridized carbons (Fsp3) is 0.537. The fourth-order valence-electron chi connectivity index (χ4n) is 7.52. The molecule has 4 atom stereocenters. The van der Waals surface area contributed by atoms with E-state index in [1.807, 2.05) is 43.3 Å². The number of methoxy groups -OCH3 is 2. The molecule has 1 unspecified atom stereocenters. The standard InChI is InChI=1S/C41H56N4O9S/c1-30-5-12-34(13-6-30)55(47,48)40(43-41(46)45-16-20-51-21-17-45)35-26-42-27-38(39(35)33-10-7-31(8-11-33)28-52-24-23-50-3)54-29-32-9-14-37-36(25-32)44(18-22-53-37)15-4-19-49-2/h5-14,25,35,38-40,42H,4,15-24,26-29H2,1-3H3,(H,43,46)/t35-,38-,39-,40?/m0/s1. The molecule has 2 amide bonds. The predicted molar refractivity (Wildman–Crippen MR) is 209 cm³/mol. The molecule has 55 heavy (non-hydrogen) atoms. The number of carbonyl (C=O) groups is 1. The van der Waals surface area contributed by atoms with Gasteiger partial charge in [0, 0.05) is 65.4 Å². The van der Waals surface area contributed by atoms with E-state index in [4.69, 9.17) is 28.4 Å². The predicted octanol–water partition coefficient (Wildman–Crippen LogP) is 4.12. The highest BCUT2D eigenvalue weighted by Crippen LogP contribution is 2.39. The van der Waals surface area contributed by atoms with Gasteiger partial charge in [-0.2, -0.15) is 0 Å². The van der Waals surface area contributed by atoms with Gasteiger partial charge in [0.15, 0.2) is 9.84 Å². The van der Waals surface area contributed by atoms with Crippen LogP contribution in [-0.4, -0.2) is 124 Å². The lowest BCUT2D eigenvalue weighted by atomic mass is 9.78. The first-order valence-corrected chi connectivity index (χ1v) is 20.7. The fourth-order valence-corrected chi connectivity index (χ4v) is 9.31. The number of anilines is 1. The molecule has 0 aromatic heterocycles. The maximum Gasteiger partial charge on any atom is 0.318 e. The highest BCUT2D eigenvalue weighted by molar-refractivity contribution is 7.92. The monoisotopic (exact) mass is 780 g/mol. The lowest BCUT2D eigenvalue weighted by Gasteiger charge is -2.43. The van der Waals surface area contributed by atoms with E-state index in [0.29, 0.717) is 79.0 Å². The number of carbonyl (C=O) groups excluding carboxylic acids is 1. The van der Waals surface area contributed by atoms with Crippen LogP contribution >= 0.6 is 0 Å². The molecule has 3 aliphatic rings. The first-order valence-electron chi connectivity index (χ1n) is 19.2. The molecule has 0 spiro atoms. The molecule has 0 saturated carbocycles. The maximum atomic E-state index is 14.7. The van der Waals surface area contributed by atoms with Crippen LogP contribution in [0.5, 0.6) is 5.75 Å². The van der Waals surface area contributed by atoms with Crippen molar-refractivity contribution in [2.24, 2.45) is 5.92 Å². The number of aryl methyl sites for hydroxylation is 1. The Morgan fingerprint density at radius 2 is 1.64 bits per heavy atom.